The van der Waals surface area contributed by atoms with Gasteiger partial charge in [-0.25, -0.2) is 4.79 Å². The molecule has 0 saturated carbocycles. The number of halogens is 3. The summed E-state index contributed by atoms with van der Waals surface area (Å²) in [4.78, 5) is 22.2. The second-order valence-electron chi connectivity index (χ2n) is 3.25. The summed E-state index contributed by atoms with van der Waals surface area (Å²) in [6.07, 6.45) is -4.78. The highest BCUT2D eigenvalue weighted by Gasteiger charge is 2.31. The van der Waals surface area contributed by atoms with Gasteiger partial charge in [0.1, 0.15) is 5.75 Å². The minimum atomic E-state index is -4.78. The smallest absolute Gasteiger partial charge is 0.459 e. The lowest BCUT2D eigenvalue weighted by molar-refractivity contribution is -0.274. The van der Waals surface area contributed by atoms with Crippen LogP contribution in [0, 0.1) is 0 Å². The molecule has 1 amide bonds. The van der Waals surface area contributed by atoms with E-state index in [9.17, 15) is 22.8 Å². The molecule has 0 fully saturated rings. The number of esters is 1. The Morgan fingerprint density at radius 2 is 1.79 bits per heavy atom. The molecule has 1 N–H and O–H groups in total. The summed E-state index contributed by atoms with van der Waals surface area (Å²) in [5.41, 5.74) is 0.146. The number of hydrogen-bond acceptors (Lipinski definition) is 4. The number of nitrogens with one attached hydrogen (secondary N) is 1. The van der Waals surface area contributed by atoms with Gasteiger partial charge >= 0.3 is 18.2 Å². The zero-order valence-corrected chi connectivity index (χ0v) is 9.78. The molecule has 0 aromatic heterocycles. The highest BCUT2D eigenvalue weighted by molar-refractivity contribution is 6.37. The number of alkyl halides is 3. The van der Waals surface area contributed by atoms with Crippen molar-refractivity contribution in [2.75, 3.05) is 11.9 Å². The molecule has 0 bridgehead atoms. The van der Waals surface area contributed by atoms with Crippen molar-refractivity contribution in [1.82, 2.24) is 0 Å². The van der Waals surface area contributed by atoms with Crippen molar-refractivity contribution in [2.24, 2.45) is 0 Å². The van der Waals surface area contributed by atoms with Crippen LogP contribution in [0.5, 0.6) is 5.75 Å². The quantitative estimate of drug-likeness (QED) is 0.678. The van der Waals surface area contributed by atoms with E-state index in [-0.39, 0.29) is 12.3 Å². The number of amides is 1. The lowest BCUT2D eigenvalue weighted by atomic mass is 10.3. The highest BCUT2D eigenvalue weighted by atomic mass is 19.4. The highest BCUT2D eigenvalue weighted by Crippen LogP contribution is 2.23. The van der Waals surface area contributed by atoms with Gasteiger partial charge in [-0.1, -0.05) is 0 Å². The Morgan fingerprint density at radius 1 is 1.21 bits per heavy atom. The van der Waals surface area contributed by atoms with E-state index in [0.29, 0.717) is 0 Å². The van der Waals surface area contributed by atoms with Crippen LogP contribution in [0.2, 0.25) is 0 Å². The average Bonchev–Trinajstić information content (AvgIpc) is 2.30. The lowest BCUT2D eigenvalue weighted by Crippen LogP contribution is -2.25. The molecule has 0 atom stereocenters. The minimum Gasteiger partial charge on any atom is -0.459 e. The summed E-state index contributed by atoms with van der Waals surface area (Å²) >= 11 is 0. The molecule has 5 nitrogen and oxygen atoms in total. The lowest BCUT2D eigenvalue weighted by Gasteiger charge is -2.09. The maximum absolute atomic E-state index is 11.9. The van der Waals surface area contributed by atoms with Crippen molar-refractivity contribution in [1.29, 1.82) is 0 Å². The third-order valence-corrected chi connectivity index (χ3v) is 1.81. The number of carbonyl (C=O) groups is 2. The summed E-state index contributed by atoms with van der Waals surface area (Å²) in [5, 5.41) is 2.17. The average molecular weight is 277 g/mol. The van der Waals surface area contributed by atoms with E-state index < -0.39 is 24.0 Å². The first-order chi connectivity index (χ1) is 8.81. The first-order valence-electron chi connectivity index (χ1n) is 5.15. The Hall–Kier alpha value is -2.25. The van der Waals surface area contributed by atoms with Gasteiger partial charge in [0.2, 0.25) is 0 Å². The second kappa shape index (κ2) is 6.07. The topological polar surface area (TPSA) is 64.6 Å². The summed E-state index contributed by atoms with van der Waals surface area (Å²) in [7, 11) is 0. The van der Waals surface area contributed by atoms with E-state index in [1.54, 1.807) is 0 Å². The molecule has 0 aliphatic carbocycles. The molecule has 0 unspecified atom stereocenters. The third kappa shape index (κ3) is 5.28. The zero-order chi connectivity index (χ0) is 14.5. The number of rotatable bonds is 3. The van der Waals surface area contributed by atoms with E-state index >= 15 is 0 Å². The Balaban J connectivity index is 2.62. The van der Waals surface area contributed by atoms with Crippen molar-refractivity contribution in [2.45, 2.75) is 13.3 Å². The molecular weight excluding hydrogens is 267 g/mol. The first-order valence-corrected chi connectivity index (χ1v) is 5.15. The van der Waals surface area contributed by atoms with Crippen LogP contribution in [0.15, 0.2) is 24.3 Å². The Morgan fingerprint density at radius 3 is 2.26 bits per heavy atom. The normalized spacial score (nSPS) is 10.7. The Bertz CT molecular complexity index is 456. The zero-order valence-electron chi connectivity index (χ0n) is 9.78. The molecule has 1 rings (SSSR count). The number of ether oxygens (including phenoxy) is 2. The van der Waals surface area contributed by atoms with Crippen LogP contribution in [0.4, 0.5) is 18.9 Å². The van der Waals surface area contributed by atoms with Crippen LogP contribution < -0.4 is 10.1 Å². The van der Waals surface area contributed by atoms with Gasteiger partial charge in [-0.2, -0.15) is 0 Å². The molecule has 0 saturated heterocycles. The van der Waals surface area contributed by atoms with Crippen LogP contribution in [-0.2, 0) is 14.3 Å². The molecule has 1 aromatic rings. The Kier molecular flexibility index (Phi) is 4.74. The van der Waals surface area contributed by atoms with Crippen molar-refractivity contribution < 1.29 is 32.2 Å². The SMILES string of the molecule is CCOC(=O)C(=O)Nc1ccc(OC(F)(F)F)cc1. The molecule has 104 valence electrons. The molecule has 0 radical (unpaired) electrons. The van der Waals surface area contributed by atoms with Gasteiger partial charge < -0.3 is 14.8 Å². The molecule has 8 heteroatoms. The minimum absolute atomic E-state index is 0.0462. The van der Waals surface area contributed by atoms with Crippen LogP contribution in [-0.4, -0.2) is 24.8 Å². The summed E-state index contributed by atoms with van der Waals surface area (Å²) in [5.74, 6) is -2.51. The van der Waals surface area contributed by atoms with Gasteiger partial charge in [0, 0.05) is 5.69 Å². The standard InChI is InChI=1S/C11H10F3NO4/c1-2-18-10(17)9(16)15-7-3-5-8(6-4-7)19-11(12,13)14/h3-6H,2H2,1H3,(H,15,16). The van der Waals surface area contributed by atoms with Gasteiger partial charge in [-0.3, -0.25) is 4.79 Å². The maximum Gasteiger partial charge on any atom is 0.573 e. The molecule has 0 spiro atoms. The fraction of sp³-hybridized carbons (Fsp3) is 0.273. The van der Waals surface area contributed by atoms with Crippen molar-refractivity contribution in [3.63, 3.8) is 0 Å². The predicted octanol–water partition coefficient (Wildman–Crippen LogP) is 2.09. The first kappa shape index (κ1) is 14.8. The van der Waals surface area contributed by atoms with Crippen LogP contribution in [0.25, 0.3) is 0 Å². The van der Waals surface area contributed by atoms with Crippen LogP contribution in [0.1, 0.15) is 6.92 Å². The van der Waals surface area contributed by atoms with Crippen molar-refractivity contribution in [3.05, 3.63) is 24.3 Å². The van der Waals surface area contributed by atoms with Crippen LogP contribution in [0.3, 0.4) is 0 Å². The van der Waals surface area contributed by atoms with Crippen LogP contribution >= 0.6 is 0 Å². The van der Waals surface area contributed by atoms with E-state index in [0.717, 1.165) is 24.3 Å². The monoisotopic (exact) mass is 277 g/mol. The van der Waals surface area contributed by atoms with Gasteiger partial charge in [0.25, 0.3) is 0 Å². The Labute approximate surface area is 106 Å². The van der Waals surface area contributed by atoms with Gasteiger partial charge in [-0.05, 0) is 31.2 Å². The largest absolute Gasteiger partial charge is 0.573 e. The molecule has 0 aliphatic rings. The van der Waals surface area contributed by atoms with E-state index in [1.807, 2.05) is 0 Å². The fourth-order valence-electron chi connectivity index (χ4n) is 1.12. The van der Waals surface area contributed by atoms with E-state index in [1.165, 1.54) is 6.92 Å². The number of carbonyl (C=O) groups excluding carboxylic acids is 2. The predicted molar refractivity (Wildman–Crippen MR) is 58.4 cm³/mol. The third-order valence-electron chi connectivity index (χ3n) is 1.81. The van der Waals surface area contributed by atoms with Crippen molar-refractivity contribution in [3.8, 4) is 5.75 Å². The summed E-state index contributed by atoms with van der Waals surface area (Å²) < 4.78 is 43.8. The van der Waals surface area contributed by atoms with E-state index in [2.05, 4.69) is 14.8 Å². The summed E-state index contributed by atoms with van der Waals surface area (Å²) in [6, 6.07) is 4.35. The van der Waals surface area contributed by atoms with Crippen molar-refractivity contribution >= 4 is 17.6 Å². The molecule has 0 aliphatic heterocycles. The van der Waals surface area contributed by atoms with Gasteiger partial charge in [0.15, 0.2) is 0 Å². The molecule has 0 heterocycles. The maximum atomic E-state index is 11.9. The van der Waals surface area contributed by atoms with E-state index in [4.69, 9.17) is 0 Å². The fourth-order valence-corrected chi connectivity index (χ4v) is 1.12. The molecule has 1 aromatic carbocycles. The molecular formula is C11H10F3NO4. The van der Waals surface area contributed by atoms with Gasteiger partial charge in [0.05, 0.1) is 6.61 Å². The number of hydrogen-bond donors (Lipinski definition) is 1. The number of anilines is 1. The molecule has 19 heavy (non-hydrogen) atoms. The van der Waals surface area contributed by atoms with Gasteiger partial charge in [-0.15, -0.1) is 13.2 Å². The number of benzene rings is 1. The summed E-state index contributed by atoms with van der Waals surface area (Å²) in [6.45, 7) is 1.58. The second-order valence-corrected chi connectivity index (χ2v) is 3.25.